The van der Waals surface area contributed by atoms with Crippen molar-refractivity contribution in [2.75, 3.05) is 13.1 Å². The van der Waals surface area contributed by atoms with E-state index in [9.17, 15) is 4.79 Å². The lowest BCUT2D eigenvalue weighted by molar-refractivity contribution is 0.0930. The predicted molar refractivity (Wildman–Crippen MR) is 112 cm³/mol. The largest absolute Gasteiger partial charge is 0.350 e. The number of rotatable bonds is 6. The molecule has 0 aromatic heterocycles. The van der Waals surface area contributed by atoms with Gasteiger partial charge in [-0.25, -0.2) is 0 Å². The molecule has 0 radical (unpaired) electrons. The molecule has 0 saturated carbocycles. The van der Waals surface area contributed by atoms with Gasteiger partial charge in [-0.1, -0.05) is 55.0 Å². The van der Waals surface area contributed by atoms with Gasteiger partial charge in [0.25, 0.3) is 5.91 Å². The maximum atomic E-state index is 12.6. The number of hydrogen-bond acceptors (Lipinski definition) is 2. The number of amides is 1. The van der Waals surface area contributed by atoms with E-state index in [0.717, 1.165) is 31.5 Å². The Morgan fingerprint density at radius 2 is 1.81 bits per heavy atom. The van der Waals surface area contributed by atoms with E-state index >= 15 is 0 Å². The number of nitrogens with one attached hydrogen (secondary N) is 1. The van der Waals surface area contributed by atoms with Gasteiger partial charge in [0, 0.05) is 31.2 Å². The van der Waals surface area contributed by atoms with Gasteiger partial charge in [-0.15, -0.1) is 0 Å². The smallest absolute Gasteiger partial charge is 0.251 e. The number of hydrogen-bond donors (Lipinski definition) is 1. The van der Waals surface area contributed by atoms with E-state index in [1.165, 1.54) is 22.3 Å². The quantitative estimate of drug-likeness (QED) is 0.774. The summed E-state index contributed by atoms with van der Waals surface area (Å²) in [6, 6.07) is 16.9. The predicted octanol–water partition coefficient (Wildman–Crippen LogP) is 4.37. The fourth-order valence-corrected chi connectivity index (χ4v) is 3.56. The van der Waals surface area contributed by atoms with Crippen molar-refractivity contribution < 1.29 is 4.79 Å². The first-order chi connectivity index (χ1) is 13.1. The van der Waals surface area contributed by atoms with Gasteiger partial charge in [0.15, 0.2) is 0 Å². The van der Waals surface area contributed by atoms with Crippen LogP contribution >= 0.6 is 0 Å². The molecule has 1 amide bonds. The Hall–Kier alpha value is -2.39. The van der Waals surface area contributed by atoms with E-state index in [0.29, 0.717) is 12.6 Å². The van der Waals surface area contributed by atoms with Crippen LogP contribution in [-0.4, -0.2) is 29.9 Å². The van der Waals surface area contributed by atoms with Crippen molar-refractivity contribution in [2.45, 2.75) is 46.2 Å². The Bertz CT molecular complexity index is 803. The maximum absolute atomic E-state index is 12.6. The molecule has 0 bridgehead atoms. The van der Waals surface area contributed by atoms with Crippen LogP contribution in [-0.2, 0) is 19.4 Å². The Balaban J connectivity index is 1.68. The number of fused-ring (bicyclic) bond motifs is 1. The molecule has 0 aliphatic carbocycles. The second-order valence-electron chi connectivity index (χ2n) is 7.60. The highest BCUT2D eigenvalue weighted by molar-refractivity contribution is 5.94. The van der Waals surface area contributed by atoms with E-state index in [4.69, 9.17) is 0 Å². The molecule has 1 unspecified atom stereocenters. The molecule has 1 heterocycles. The summed E-state index contributed by atoms with van der Waals surface area (Å²) >= 11 is 0. The number of carbonyl (C=O) groups excluding carboxylic acids is 1. The highest BCUT2D eigenvalue weighted by atomic mass is 16.1. The molecule has 2 aromatic rings. The van der Waals surface area contributed by atoms with Crippen LogP contribution in [0.15, 0.2) is 60.2 Å². The van der Waals surface area contributed by atoms with Gasteiger partial charge in [-0.2, -0.15) is 0 Å². The van der Waals surface area contributed by atoms with Crippen molar-refractivity contribution in [3.05, 3.63) is 82.4 Å². The molecule has 27 heavy (non-hydrogen) atoms. The molecule has 3 nitrogen and oxygen atoms in total. The van der Waals surface area contributed by atoms with Crippen molar-refractivity contribution in [1.29, 1.82) is 0 Å². The maximum Gasteiger partial charge on any atom is 0.251 e. The molecule has 0 fully saturated rings. The number of nitrogens with zero attached hydrogens (tertiary/aromatic N) is 1. The summed E-state index contributed by atoms with van der Waals surface area (Å²) in [5, 5.41) is 3.15. The van der Waals surface area contributed by atoms with Crippen LogP contribution < -0.4 is 5.32 Å². The molecule has 1 aliphatic heterocycles. The second kappa shape index (κ2) is 9.01. The first-order valence-corrected chi connectivity index (χ1v) is 9.88. The number of aryl methyl sites for hydroxylation is 1. The standard InChI is InChI=1S/C24H30N2O/c1-4-19-9-11-20(12-10-19)24(27)25-16-23-15-21-7-5-6-8-22(21)17-26(23)14-13-18(2)3/h5-13,23H,4,14-17H2,1-3H3,(H,25,27). The van der Waals surface area contributed by atoms with Crippen LogP contribution in [0.1, 0.15) is 47.8 Å². The van der Waals surface area contributed by atoms with Crippen molar-refractivity contribution in [3.8, 4) is 0 Å². The van der Waals surface area contributed by atoms with E-state index in [-0.39, 0.29) is 5.91 Å². The summed E-state index contributed by atoms with van der Waals surface area (Å²) in [4.78, 5) is 15.0. The number of carbonyl (C=O) groups is 1. The Kier molecular flexibility index (Phi) is 6.46. The Morgan fingerprint density at radius 3 is 2.48 bits per heavy atom. The fourth-order valence-electron chi connectivity index (χ4n) is 3.56. The van der Waals surface area contributed by atoms with Gasteiger partial charge in [0.2, 0.25) is 0 Å². The van der Waals surface area contributed by atoms with Crippen LogP contribution in [0.3, 0.4) is 0 Å². The van der Waals surface area contributed by atoms with Gasteiger partial charge >= 0.3 is 0 Å². The highest BCUT2D eigenvalue weighted by Gasteiger charge is 2.25. The summed E-state index contributed by atoms with van der Waals surface area (Å²) in [5.74, 6) is 0.0127. The summed E-state index contributed by atoms with van der Waals surface area (Å²) in [6.45, 7) is 8.91. The van der Waals surface area contributed by atoms with Crippen molar-refractivity contribution in [2.24, 2.45) is 0 Å². The van der Waals surface area contributed by atoms with Gasteiger partial charge in [0.1, 0.15) is 0 Å². The van der Waals surface area contributed by atoms with Gasteiger partial charge in [0.05, 0.1) is 0 Å². The zero-order valence-electron chi connectivity index (χ0n) is 16.7. The molecule has 2 aromatic carbocycles. The second-order valence-corrected chi connectivity index (χ2v) is 7.60. The number of allylic oxidation sites excluding steroid dienone is 1. The minimum atomic E-state index is 0.0127. The molecule has 3 rings (SSSR count). The summed E-state index contributed by atoms with van der Waals surface area (Å²) in [6.07, 6.45) is 4.23. The molecule has 142 valence electrons. The molecular formula is C24H30N2O. The fraction of sp³-hybridized carbons (Fsp3) is 0.375. The minimum Gasteiger partial charge on any atom is -0.350 e. The lowest BCUT2D eigenvalue weighted by atomic mass is 9.93. The van der Waals surface area contributed by atoms with Crippen molar-refractivity contribution in [3.63, 3.8) is 0 Å². The average Bonchev–Trinajstić information content (AvgIpc) is 2.70. The van der Waals surface area contributed by atoms with E-state index in [1.807, 2.05) is 24.3 Å². The van der Waals surface area contributed by atoms with E-state index in [1.54, 1.807) is 0 Å². The lowest BCUT2D eigenvalue weighted by Crippen LogP contribution is -2.47. The van der Waals surface area contributed by atoms with Gasteiger partial charge in [-0.05, 0) is 55.5 Å². The van der Waals surface area contributed by atoms with Crippen LogP contribution in [0, 0.1) is 0 Å². The molecule has 0 saturated heterocycles. The SMILES string of the molecule is CCc1ccc(C(=O)NCC2Cc3ccccc3CN2CC=C(C)C)cc1. The van der Waals surface area contributed by atoms with E-state index < -0.39 is 0 Å². The van der Waals surface area contributed by atoms with Crippen molar-refractivity contribution >= 4 is 5.91 Å². The summed E-state index contributed by atoms with van der Waals surface area (Å²) < 4.78 is 0. The first kappa shape index (κ1) is 19.4. The van der Waals surface area contributed by atoms with Crippen molar-refractivity contribution in [1.82, 2.24) is 10.2 Å². The third-order valence-corrected chi connectivity index (χ3v) is 5.32. The zero-order valence-corrected chi connectivity index (χ0v) is 16.7. The van der Waals surface area contributed by atoms with Crippen LogP contribution in [0.2, 0.25) is 0 Å². The molecule has 1 atom stereocenters. The van der Waals surface area contributed by atoms with Gasteiger partial charge in [-0.3, -0.25) is 9.69 Å². The molecule has 1 aliphatic rings. The zero-order chi connectivity index (χ0) is 19.2. The molecular weight excluding hydrogens is 332 g/mol. The minimum absolute atomic E-state index is 0.0127. The molecule has 1 N–H and O–H groups in total. The lowest BCUT2D eigenvalue weighted by Gasteiger charge is -2.36. The third-order valence-electron chi connectivity index (χ3n) is 5.32. The topological polar surface area (TPSA) is 32.3 Å². The van der Waals surface area contributed by atoms with Crippen LogP contribution in [0.4, 0.5) is 0 Å². The highest BCUT2D eigenvalue weighted by Crippen LogP contribution is 2.23. The average molecular weight is 363 g/mol. The van der Waals surface area contributed by atoms with E-state index in [2.05, 4.69) is 61.3 Å². The summed E-state index contributed by atoms with van der Waals surface area (Å²) in [5.41, 5.74) is 6.12. The summed E-state index contributed by atoms with van der Waals surface area (Å²) in [7, 11) is 0. The molecule has 3 heteroatoms. The van der Waals surface area contributed by atoms with Crippen LogP contribution in [0.25, 0.3) is 0 Å². The monoisotopic (exact) mass is 362 g/mol. The Labute approximate surface area is 163 Å². The first-order valence-electron chi connectivity index (χ1n) is 9.88. The third kappa shape index (κ3) is 5.08. The van der Waals surface area contributed by atoms with Crippen LogP contribution in [0.5, 0.6) is 0 Å². The number of benzene rings is 2. The Morgan fingerprint density at radius 1 is 1.11 bits per heavy atom. The molecule has 0 spiro atoms. The normalized spacial score (nSPS) is 16.5. The van der Waals surface area contributed by atoms with Gasteiger partial charge < -0.3 is 5.32 Å².